The van der Waals surface area contributed by atoms with Crippen molar-refractivity contribution in [3.8, 4) is 0 Å². The van der Waals surface area contributed by atoms with Crippen molar-refractivity contribution in [3.63, 3.8) is 0 Å². The van der Waals surface area contributed by atoms with E-state index in [1.807, 2.05) is 30.3 Å². The lowest BCUT2D eigenvalue weighted by Gasteiger charge is -2.11. The van der Waals surface area contributed by atoms with Gasteiger partial charge in [-0.15, -0.1) is 0 Å². The van der Waals surface area contributed by atoms with Gasteiger partial charge in [-0.1, -0.05) is 30.3 Å². The van der Waals surface area contributed by atoms with Crippen LogP contribution < -0.4 is 10.6 Å². The van der Waals surface area contributed by atoms with E-state index in [2.05, 4.69) is 10.6 Å². The van der Waals surface area contributed by atoms with Gasteiger partial charge >= 0.3 is 0 Å². The number of rotatable bonds is 4. The highest BCUT2D eigenvalue weighted by Crippen LogP contribution is 2.21. The fraction of sp³-hybridized carbons (Fsp3) is 0.0714. The van der Waals surface area contributed by atoms with Crippen molar-refractivity contribution in [1.29, 1.82) is 0 Å². The third-order valence-corrected chi connectivity index (χ3v) is 2.95. The first-order chi connectivity index (χ1) is 10.1. The Morgan fingerprint density at radius 2 is 1.95 bits per heavy atom. The topological polar surface area (TPSA) is 67.2 Å². The molecule has 21 heavy (non-hydrogen) atoms. The summed E-state index contributed by atoms with van der Waals surface area (Å²) >= 11 is 5.05. The molecule has 2 rings (SSSR count). The minimum Gasteiger partial charge on any atom is -0.358 e. The van der Waals surface area contributed by atoms with Gasteiger partial charge in [0.1, 0.15) is 5.82 Å². The van der Waals surface area contributed by atoms with Crippen molar-refractivity contribution in [3.05, 3.63) is 70.0 Å². The fourth-order valence-electron chi connectivity index (χ4n) is 1.67. The highest BCUT2D eigenvalue weighted by atomic mass is 32.1. The van der Waals surface area contributed by atoms with Crippen LogP contribution in [0.3, 0.4) is 0 Å². The zero-order chi connectivity index (χ0) is 15.2. The molecule has 0 aliphatic carbocycles. The number of nitrogens with one attached hydrogen (secondary N) is 2. The van der Waals surface area contributed by atoms with Crippen molar-refractivity contribution in [2.75, 3.05) is 5.32 Å². The smallest absolute Gasteiger partial charge is 0.271 e. The second-order valence-electron chi connectivity index (χ2n) is 4.21. The van der Waals surface area contributed by atoms with E-state index in [4.69, 9.17) is 12.2 Å². The molecule has 2 aromatic carbocycles. The molecule has 0 aromatic heterocycles. The quantitative estimate of drug-likeness (QED) is 0.516. The zero-order valence-corrected chi connectivity index (χ0v) is 11.7. The second-order valence-corrected chi connectivity index (χ2v) is 4.62. The summed E-state index contributed by atoms with van der Waals surface area (Å²) in [6, 6.07) is 12.8. The zero-order valence-electron chi connectivity index (χ0n) is 10.9. The van der Waals surface area contributed by atoms with Gasteiger partial charge in [-0.25, -0.2) is 4.39 Å². The molecule has 0 unspecified atom stereocenters. The third-order valence-electron chi connectivity index (χ3n) is 2.70. The average Bonchev–Trinajstić information content (AvgIpc) is 2.48. The van der Waals surface area contributed by atoms with Crippen molar-refractivity contribution in [2.45, 2.75) is 6.54 Å². The molecular weight excluding hydrogens is 293 g/mol. The molecular formula is C14H12FN3O2S. The Hall–Kier alpha value is -2.54. The molecule has 108 valence electrons. The summed E-state index contributed by atoms with van der Waals surface area (Å²) in [6.07, 6.45) is 0. The van der Waals surface area contributed by atoms with E-state index in [0.717, 1.165) is 23.8 Å². The summed E-state index contributed by atoms with van der Waals surface area (Å²) in [5, 5.41) is 16.4. The van der Waals surface area contributed by atoms with Crippen LogP contribution in [0.1, 0.15) is 5.56 Å². The number of anilines is 1. The third kappa shape index (κ3) is 4.22. The molecule has 0 amide bonds. The normalized spacial score (nSPS) is 9.95. The molecule has 0 saturated carbocycles. The predicted molar refractivity (Wildman–Crippen MR) is 82.6 cm³/mol. The highest BCUT2D eigenvalue weighted by Gasteiger charge is 2.11. The molecule has 0 fully saturated rings. The van der Waals surface area contributed by atoms with Gasteiger partial charge in [-0.2, -0.15) is 0 Å². The average molecular weight is 305 g/mol. The van der Waals surface area contributed by atoms with Crippen LogP contribution in [0.2, 0.25) is 0 Å². The number of non-ortho nitro benzene ring substituents is 1. The van der Waals surface area contributed by atoms with Gasteiger partial charge in [-0.3, -0.25) is 10.1 Å². The van der Waals surface area contributed by atoms with Gasteiger partial charge < -0.3 is 10.6 Å². The largest absolute Gasteiger partial charge is 0.358 e. The minimum absolute atomic E-state index is 0.0326. The molecule has 2 N–H and O–H groups in total. The van der Waals surface area contributed by atoms with Crippen LogP contribution in [0.4, 0.5) is 15.8 Å². The Balaban J connectivity index is 1.99. The summed E-state index contributed by atoms with van der Waals surface area (Å²) in [4.78, 5) is 10.1. The Morgan fingerprint density at radius 1 is 1.24 bits per heavy atom. The number of halogens is 1. The van der Waals surface area contributed by atoms with E-state index in [1.165, 1.54) is 0 Å². The molecule has 0 aliphatic rings. The van der Waals surface area contributed by atoms with Gasteiger partial charge in [-0.05, 0) is 23.8 Å². The molecule has 7 heteroatoms. The van der Waals surface area contributed by atoms with E-state index in [9.17, 15) is 14.5 Å². The minimum atomic E-state index is -0.607. The monoisotopic (exact) mass is 305 g/mol. The van der Waals surface area contributed by atoms with Gasteiger partial charge in [0.25, 0.3) is 5.69 Å². The van der Waals surface area contributed by atoms with Crippen LogP contribution in [-0.2, 0) is 6.54 Å². The van der Waals surface area contributed by atoms with Crippen molar-refractivity contribution < 1.29 is 9.31 Å². The fourth-order valence-corrected chi connectivity index (χ4v) is 1.85. The van der Waals surface area contributed by atoms with Gasteiger partial charge in [0.2, 0.25) is 0 Å². The number of nitro benzene ring substituents is 1. The lowest BCUT2D eigenvalue weighted by molar-refractivity contribution is -0.384. The van der Waals surface area contributed by atoms with Crippen molar-refractivity contribution in [1.82, 2.24) is 5.32 Å². The first kappa shape index (κ1) is 14.9. The van der Waals surface area contributed by atoms with Crippen LogP contribution >= 0.6 is 12.2 Å². The first-order valence-corrected chi connectivity index (χ1v) is 6.50. The first-order valence-electron chi connectivity index (χ1n) is 6.09. The van der Waals surface area contributed by atoms with Crippen molar-refractivity contribution in [2.24, 2.45) is 0 Å². The van der Waals surface area contributed by atoms with Gasteiger partial charge in [0.05, 0.1) is 10.6 Å². The van der Waals surface area contributed by atoms with Gasteiger partial charge in [0, 0.05) is 18.7 Å². The molecule has 0 atom stereocenters. The van der Waals surface area contributed by atoms with E-state index >= 15 is 0 Å². The SMILES string of the molecule is O=[N+]([O-])c1ccc(F)c(NC(=S)NCc2ccccc2)c1. The lowest BCUT2D eigenvalue weighted by atomic mass is 10.2. The number of thiocarbonyl (C=S) groups is 1. The Bertz CT molecular complexity index is 665. The maximum absolute atomic E-state index is 13.6. The van der Waals surface area contributed by atoms with E-state index < -0.39 is 10.7 Å². The maximum atomic E-state index is 13.6. The van der Waals surface area contributed by atoms with Crippen LogP contribution in [0, 0.1) is 15.9 Å². The maximum Gasteiger partial charge on any atom is 0.271 e. The summed E-state index contributed by atoms with van der Waals surface area (Å²) in [5.41, 5.74) is 0.778. The van der Waals surface area contributed by atoms with E-state index in [1.54, 1.807) is 0 Å². The summed E-state index contributed by atoms with van der Waals surface area (Å²) in [6.45, 7) is 0.475. The number of benzene rings is 2. The Kier molecular flexibility index (Phi) is 4.78. The highest BCUT2D eigenvalue weighted by molar-refractivity contribution is 7.80. The lowest BCUT2D eigenvalue weighted by Crippen LogP contribution is -2.28. The molecule has 0 saturated heterocycles. The molecule has 0 aliphatic heterocycles. The molecule has 0 heterocycles. The van der Waals surface area contributed by atoms with Crippen molar-refractivity contribution >= 4 is 28.7 Å². The van der Waals surface area contributed by atoms with Crippen LogP contribution in [-0.4, -0.2) is 10.0 Å². The number of nitrogens with zero attached hydrogens (tertiary/aromatic N) is 1. The van der Waals surface area contributed by atoms with E-state index in [0.29, 0.717) is 6.54 Å². The molecule has 2 aromatic rings. The van der Waals surface area contributed by atoms with Crippen LogP contribution in [0.15, 0.2) is 48.5 Å². The van der Waals surface area contributed by atoms with Crippen LogP contribution in [0.5, 0.6) is 0 Å². The van der Waals surface area contributed by atoms with Gasteiger partial charge in [0.15, 0.2) is 5.11 Å². The van der Waals surface area contributed by atoms with Crippen LogP contribution in [0.25, 0.3) is 0 Å². The summed E-state index contributed by atoms with van der Waals surface area (Å²) in [5.74, 6) is -0.607. The Labute approximate surface area is 125 Å². The predicted octanol–water partition coefficient (Wildman–Crippen LogP) is 3.22. The van der Waals surface area contributed by atoms with E-state index in [-0.39, 0.29) is 16.5 Å². The molecule has 0 radical (unpaired) electrons. The number of hydrogen-bond donors (Lipinski definition) is 2. The molecule has 0 spiro atoms. The number of nitro groups is 1. The number of hydrogen-bond acceptors (Lipinski definition) is 3. The standard InChI is InChI=1S/C14H12FN3O2S/c15-12-7-6-11(18(19)20)8-13(12)17-14(21)16-9-10-4-2-1-3-5-10/h1-8H,9H2,(H2,16,17,21). The summed E-state index contributed by atoms with van der Waals surface area (Å²) < 4.78 is 13.6. The second kappa shape index (κ2) is 6.76. The Morgan fingerprint density at radius 3 is 2.62 bits per heavy atom. The molecule has 5 nitrogen and oxygen atoms in total. The molecule has 0 bridgehead atoms. The summed E-state index contributed by atoms with van der Waals surface area (Å²) in [7, 11) is 0.